The van der Waals surface area contributed by atoms with Crippen molar-refractivity contribution >= 4 is 34.6 Å². The minimum absolute atomic E-state index is 0. The predicted octanol–water partition coefficient (Wildman–Crippen LogP) is 8.16. The molecule has 0 atom stereocenters. The number of aromatic nitrogens is 4. The SMILES string of the molecule is C.C.Cc1ccc(N=Nc2n(C)cc[n+]2C)cc1.Cc1ccc(Nc2ccc(N=Nc3n(C)cc[n+]3C)cc2)cc1. The van der Waals surface area contributed by atoms with Gasteiger partial charge in [0.05, 0.1) is 53.0 Å². The van der Waals surface area contributed by atoms with Crippen LogP contribution in [0.25, 0.3) is 0 Å². The molecule has 2 aromatic heterocycles. The van der Waals surface area contributed by atoms with Crippen molar-refractivity contribution in [3.8, 4) is 0 Å². The van der Waals surface area contributed by atoms with Gasteiger partial charge in [0, 0.05) is 21.6 Å². The van der Waals surface area contributed by atoms with Crippen molar-refractivity contribution in [3.05, 3.63) is 109 Å². The topological polar surface area (TPSA) is 79.1 Å². The average Bonchev–Trinajstić information content (AvgIpc) is 3.43. The van der Waals surface area contributed by atoms with E-state index in [1.807, 2.05) is 120 Å². The summed E-state index contributed by atoms with van der Waals surface area (Å²) in [6.07, 6.45) is 7.79. The van der Waals surface area contributed by atoms with Crippen LogP contribution in [0.1, 0.15) is 26.0 Å². The van der Waals surface area contributed by atoms with Gasteiger partial charge >= 0.3 is 11.9 Å². The van der Waals surface area contributed by atoms with Crippen LogP contribution in [0.5, 0.6) is 0 Å². The van der Waals surface area contributed by atoms with E-state index < -0.39 is 0 Å². The summed E-state index contributed by atoms with van der Waals surface area (Å²) in [6, 6.07) is 24.2. The zero-order valence-corrected chi connectivity index (χ0v) is 23.3. The van der Waals surface area contributed by atoms with Crippen LogP contribution in [0.2, 0.25) is 0 Å². The Morgan fingerprint density at radius 3 is 1.24 bits per heavy atom. The maximum Gasteiger partial charge on any atom is 0.421 e. The van der Waals surface area contributed by atoms with Crippen LogP contribution in [-0.4, -0.2) is 9.13 Å². The molecule has 0 aliphatic carbocycles. The minimum Gasteiger partial charge on any atom is -0.356 e. The minimum atomic E-state index is 0. The van der Waals surface area contributed by atoms with Crippen LogP contribution in [-0.2, 0) is 28.2 Å². The fraction of sp³-hybridized carbons (Fsp3) is 0.250. The lowest BCUT2D eigenvalue weighted by Gasteiger charge is -2.06. The van der Waals surface area contributed by atoms with Crippen molar-refractivity contribution in [2.45, 2.75) is 28.7 Å². The van der Waals surface area contributed by atoms with Gasteiger partial charge in [0.15, 0.2) is 0 Å². The molecule has 1 N–H and O–H groups in total. The molecule has 5 aromatic rings. The van der Waals surface area contributed by atoms with Gasteiger partial charge in [0.2, 0.25) is 0 Å². The largest absolute Gasteiger partial charge is 0.421 e. The highest BCUT2D eigenvalue weighted by molar-refractivity contribution is 5.61. The number of nitrogens with zero attached hydrogens (tertiary/aromatic N) is 8. The van der Waals surface area contributed by atoms with Gasteiger partial charge in [0.1, 0.15) is 11.4 Å². The smallest absolute Gasteiger partial charge is 0.356 e. The first-order chi connectivity index (χ1) is 18.8. The van der Waals surface area contributed by atoms with Crippen molar-refractivity contribution in [2.24, 2.45) is 48.6 Å². The van der Waals surface area contributed by atoms with E-state index in [1.165, 1.54) is 11.1 Å². The second-order valence-electron chi connectivity index (χ2n) is 9.41. The number of imidazole rings is 2. The molecule has 0 amide bonds. The quantitative estimate of drug-likeness (QED) is 0.167. The summed E-state index contributed by atoms with van der Waals surface area (Å²) in [4.78, 5) is 0. The van der Waals surface area contributed by atoms with Crippen molar-refractivity contribution < 1.29 is 9.13 Å². The zero-order chi connectivity index (χ0) is 27.8. The number of aryl methyl sites for hydroxylation is 6. The maximum absolute atomic E-state index is 4.29. The molecule has 3 aromatic carbocycles. The maximum atomic E-state index is 4.29. The Kier molecular flexibility index (Phi) is 11.8. The predicted molar refractivity (Wildman–Crippen MR) is 167 cm³/mol. The molecule has 0 saturated heterocycles. The molecular formula is C32H43N9+2. The van der Waals surface area contributed by atoms with Crippen LogP contribution in [0, 0.1) is 13.8 Å². The lowest BCUT2D eigenvalue weighted by atomic mass is 10.2. The van der Waals surface area contributed by atoms with Gasteiger partial charge < -0.3 is 5.32 Å². The Bertz CT molecular complexity index is 1520. The highest BCUT2D eigenvalue weighted by Crippen LogP contribution is 2.22. The van der Waals surface area contributed by atoms with Crippen LogP contribution in [0.4, 0.5) is 34.6 Å². The van der Waals surface area contributed by atoms with Crippen LogP contribution in [0.15, 0.2) is 118 Å². The summed E-state index contributed by atoms with van der Waals surface area (Å²) in [5, 5.41) is 20.4. The summed E-state index contributed by atoms with van der Waals surface area (Å²) in [5.74, 6) is 1.62. The summed E-state index contributed by atoms with van der Waals surface area (Å²) < 4.78 is 7.71. The molecule has 0 radical (unpaired) electrons. The van der Waals surface area contributed by atoms with Gasteiger partial charge in [-0.2, -0.15) is 0 Å². The van der Waals surface area contributed by atoms with E-state index in [9.17, 15) is 0 Å². The van der Waals surface area contributed by atoms with Gasteiger partial charge in [-0.1, -0.05) is 60.5 Å². The van der Waals surface area contributed by atoms with Crippen molar-refractivity contribution in [2.75, 3.05) is 5.32 Å². The Morgan fingerprint density at radius 1 is 0.537 bits per heavy atom. The van der Waals surface area contributed by atoms with Crippen LogP contribution < -0.4 is 14.5 Å². The van der Waals surface area contributed by atoms with E-state index in [0.717, 1.165) is 34.6 Å². The van der Waals surface area contributed by atoms with E-state index in [1.54, 1.807) is 0 Å². The molecule has 41 heavy (non-hydrogen) atoms. The fourth-order valence-corrected chi connectivity index (χ4v) is 3.68. The van der Waals surface area contributed by atoms with Gasteiger partial charge in [0.25, 0.3) is 0 Å². The van der Waals surface area contributed by atoms with Crippen LogP contribution in [0.3, 0.4) is 0 Å². The average molecular weight is 554 g/mol. The van der Waals surface area contributed by atoms with Gasteiger partial charge in [-0.15, -0.1) is 0 Å². The zero-order valence-electron chi connectivity index (χ0n) is 23.3. The standard InChI is InChI=1S/C18H19N5.C12H15N4.2CH4/c1-14-4-6-15(7-5-14)19-16-8-10-17(11-9-16)20-21-18-22(2)12-13-23(18)3;1-10-4-6-11(7-5-10)13-14-12-15(2)8-9-16(12)3;;/h4-13H,1-3H3;4-9H,1-3H3;2*1H4/q;+1;;/p+1. The van der Waals surface area contributed by atoms with E-state index in [4.69, 9.17) is 0 Å². The van der Waals surface area contributed by atoms with Gasteiger partial charge in [-0.3, -0.25) is 0 Å². The highest BCUT2D eigenvalue weighted by Gasteiger charge is 2.11. The third kappa shape index (κ3) is 9.06. The molecule has 0 aliphatic heterocycles. The summed E-state index contributed by atoms with van der Waals surface area (Å²) >= 11 is 0. The molecule has 0 bridgehead atoms. The highest BCUT2D eigenvalue weighted by atomic mass is 15.3. The second kappa shape index (κ2) is 15.0. The summed E-state index contributed by atoms with van der Waals surface area (Å²) in [6.45, 7) is 4.13. The second-order valence-corrected chi connectivity index (χ2v) is 9.41. The molecule has 0 saturated carbocycles. The molecule has 214 valence electrons. The number of hydrogen-bond acceptors (Lipinski definition) is 5. The Morgan fingerprint density at radius 2 is 0.878 bits per heavy atom. The van der Waals surface area contributed by atoms with Gasteiger partial charge in [-0.25, -0.2) is 18.3 Å². The normalized spacial score (nSPS) is 10.6. The van der Waals surface area contributed by atoms with E-state index in [0.29, 0.717) is 0 Å². The third-order valence-corrected chi connectivity index (χ3v) is 6.04. The molecule has 9 nitrogen and oxygen atoms in total. The van der Waals surface area contributed by atoms with E-state index >= 15 is 0 Å². The summed E-state index contributed by atoms with van der Waals surface area (Å²) in [5.41, 5.74) is 6.26. The molecule has 5 rings (SSSR count). The number of azo groups is 2. The Hall–Kier alpha value is -4.92. The molecular weight excluding hydrogens is 510 g/mol. The van der Waals surface area contributed by atoms with Crippen molar-refractivity contribution in [3.63, 3.8) is 0 Å². The number of benzene rings is 3. The lowest BCUT2D eigenvalue weighted by Crippen LogP contribution is -2.25. The third-order valence-electron chi connectivity index (χ3n) is 6.04. The first-order valence-electron chi connectivity index (χ1n) is 12.6. The van der Waals surface area contributed by atoms with E-state index in [-0.39, 0.29) is 14.9 Å². The van der Waals surface area contributed by atoms with Crippen molar-refractivity contribution in [1.82, 2.24) is 9.13 Å². The number of rotatable bonds is 6. The van der Waals surface area contributed by atoms with Crippen LogP contribution >= 0.6 is 0 Å². The lowest BCUT2D eigenvalue weighted by molar-refractivity contribution is -0.657. The molecule has 2 heterocycles. The monoisotopic (exact) mass is 553 g/mol. The first kappa shape index (κ1) is 32.3. The Balaban J connectivity index is 0.000000290. The molecule has 0 spiro atoms. The first-order valence-corrected chi connectivity index (χ1v) is 12.6. The Labute approximate surface area is 244 Å². The van der Waals surface area contributed by atoms with Gasteiger partial charge in [-0.05, 0) is 62.4 Å². The molecule has 0 fully saturated rings. The summed E-state index contributed by atoms with van der Waals surface area (Å²) in [7, 11) is 7.79. The molecule has 9 heteroatoms. The fourth-order valence-electron chi connectivity index (χ4n) is 3.68. The number of anilines is 2. The molecule has 0 aliphatic rings. The van der Waals surface area contributed by atoms with E-state index in [2.05, 4.69) is 63.9 Å². The number of nitrogens with one attached hydrogen (secondary N) is 1. The van der Waals surface area contributed by atoms with Crippen molar-refractivity contribution in [1.29, 1.82) is 0 Å². The molecule has 0 unspecified atom stereocenters. The number of hydrogen-bond donors (Lipinski definition) is 1.